The molecule has 146 valence electrons. The first-order valence-electron chi connectivity index (χ1n) is 9.51. The number of rotatable bonds is 6. The second-order valence-electron chi connectivity index (χ2n) is 7.39. The van der Waals surface area contributed by atoms with Crippen molar-refractivity contribution in [3.05, 3.63) is 29.8 Å². The third-order valence-electron chi connectivity index (χ3n) is 5.87. The maximum absolute atomic E-state index is 13.0. The average Bonchev–Trinajstić information content (AvgIpc) is 3.11. The maximum atomic E-state index is 13.0. The summed E-state index contributed by atoms with van der Waals surface area (Å²) in [6, 6.07) is 6.22. The van der Waals surface area contributed by atoms with Crippen LogP contribution in [-0.2, 0) is 19.1 Å². The van der Waals surface area contributed by atoms with Crippen LogP contribution >= 0.6 is 0 Å². The Morgan fingerprint density at radius 3 is 2.48 bits per heavy atom. The number of hydrogen-bond donors (Lipinski definition) is 2. The summed E-state index contributed by atoms with van der Waals surface area (Å²) in [6.07, 6.45) is 2.10. The van der Waals surface area contributed by atoms with Gasteiger partial charge in [-0.15, -0.1) is 0 Å². The standard InChI is InChI=1S/C20H26N2O5/c1-4-6-11-20(19(26)27-5-2)15-14(17(24)22(3)18(15)25)16(21-20)12-7-9-13(23)10-8-12/h7-10,14-16,21,23H,4-6,11H2,1-3H3/p+1/t14-,15+,16-,20-/m0/s1. The van der Waals surface area contributed by atoms with E-state index in [9.17, 15) is 19.5 Å². The summed E-state index contributed by atoms with van der Waals surface area (Å²) in [5.41, 5.74) is -0.293. The molecule has 7 heteroatoms. The molecule has 0 saturated carbocycles. The van der Waals surface area contributed by atoms with Crippen molar-refractivity contribution >= 4 is 17.8 Å². The van der Waals surface area contributed by atoms with E-state index < -0.39 is 23.3 Å². The highest BCUT2D eigenvalue weighted by Crippen LogP contribution is 2.46. The molecule has 0 spiro atoms. The Balaban J connectivity index is 2.10. The van der Waals surface area contributed by atoms with E-state index in [-0.39, 0.29) is 30.2 Å². The van der Waals surface area contributed by atoms with Crippen molar-refractivity contribution in [3.63, 3.8) is 0 Å². The molecule has 2 fully saturated rings. The van der Waals surface area contributed by atoms with E-state index in [4.69, 9.17) is 4.74 Å². The minimum absolute atomic E-state index is 0.127. The first-order chi connectivity index (χ1) is 12.9. The quantitative estimate of drug-likeness (QED) is 0.564. The lowest BCUT2D eigenvalue weighted by Gasteiger charge is -2.29. The van der Waals surface area contributed by atoms with Crippen LogP contribution in [-0.4, -0.2) is 47.0 Å². The number of unbranched alkanes of at least 4 members (excludes halogenated alkanes) is 1. The van der Waals surface area contributed by atoms with Crippen LogP contribution in [0.15, 0.2) is 24.3 Å². The molecule has 0 aliphatic carbocycles. The van der Waals surface area contributed by atoms with Crippen molar-refractivity contribution in [2.75, 3.05) is 13.7 Å². The molecule has 0 radical (unpaired) electrons. The highest BCUT2D eigenvalue weighted by Gasteiger charge is 2.71. The van der Waals surface area contributed by atoms with Gasteiger partial charge in [0, 0.05) is 19.0 Å². The summed E-state index contributed by atoms with van der Waals surface area (Å²) >= 11 is 0. The summed E-state index contributed by atoms with van der Waals surface area (Å²) in [7, 11) is 1.48. The highest BCUT2D eigenvalue weighted by atomic mass is 16.5. The van der Waals surface area contributed by atoms with Gasteiger partial charge < -0.3 is 15.2 Å². The van der Waals surface area contributed by atoms with Crippen LogP contribution in [0.4, 0.5) is 0 Å². The van der Waals surface area contributed by atoms with Crippen LogP contribution < -0.4 is 5.32 Å². The molecular formula is C20H27N2O5+. The molecule has 2 saturated heterocycles. The van der Waals surface area contributed by atoms with E-state index in [0.29, 0.717) is 6.42 Å². The number of ether oxygens (including phenoxy) is 1. The van der Waals surface area contributed by atoms with Crippen molar-refractivity contribution in [2.24, 2.45) is 11.8 Å². The number of amides is 2. The van der Waals surface area contributed by atoms with E-state index in [1.54, 1.807) is 31.2 Å². The van der Waals surface area contributed by atoms with Gasteiger partial charge in [0.2, 0.25) is 17.4 Å². The number of benzene rings is 1. The molecule has 1 aromatic carbocycles. The van der Waals surface area contributed by atoms with Crippen molar-refractivity contribution in [1.29, 1.82) is 0 Å². The predicted molar refractivity (Wildman–Crippen MR) is 96.4 cm³/mol. The lowest BCUT2D eigenvalue weighted by Crippen LogP contribution is -2.98. The fraction of sp³-hybridized carbons (Fsp3) is 0.550. The monoisotopic (exact) mass is 375 g/mol. The number of carbonyl (C=O) groups excluding carboxylic acids is 3. The summed E-state index contributed by atoms with van der Waals surface area (Å²) in [5, 5.41) is 11.5. The molecule has 2 heterocycles. The topological polar surface area (TPSA) is 101 Å². The first-order valence-corrected chi connectivity index (χ1v) is 9.51. The van der Waals surface area contributed by atoms with Gasteiger partial charge in [-0.3, -0.25) is 14.5 Å². The Morgan fingerprint density at radius 2 is 1.89 bits per heavy atom. The van der Waals surface area contributed by atoms with E-state index in [0.717, 1.165) is 23.3 Å². The average molecular weight is 375 g/mol. The third kappa shape index (κ3) is 3.00. The normalized spacial score (nSPS) is 29.9. The van der Waals surface area contributed by atoms with Gasteiger partial charge in [-0.25, -0.2) is 4.79 Å². The minimum atomic E-state index is -1.10. The molecule has 4 atom stereocenters. The van der Waals surface area contributed by atoms with Crippen LogP contribution in [0.2, 0.25) is 0 Å². The van der Waals surface area contributed by atoms with Gasteiger partial charge in [-0.2, -0.15) is 0 Å². The molecule has 0 unspecified atom stereocenters. The predicted octanol–water partition coefficient (Wildman–Crippen LogP) is 0.733. The molecule has 2 amide bonds. The van der Waals surface area contributed by atoms with Crippen LogP contribution in [0.25, 0.3) is 0 Å². The Hall–Kier alpha value is -2.41. The van der Waals surface area contributed by atoms with Crippen LogP contribution in [0.3, 0.4) is 0 Å². The van der Waals surface area contributed by atoms with Crippen molar-refractivity contribution in [1.82, 2.24) is 4.90 Å². The Bertz CT molecular complexity index is 747. The third-order valence-corrected chi connectivity index (χ3v) is 5.87. The van der Waals surface area contributed by atoms with E-state index >= 15 is 0 Å². The summed E-state index contributed by atoms with van der Waals surface area (Å²) in [5.74, 6) is -2.23. The molecule has 0 bridgehead atoms. The fourth-order valence-corrected chi connectivity index (χ4v) is 4.54. The van der Waals surface area contributed by atoms with Crippen LogP contribution in [0, 0.1) is 11.8 Å². The van der Waals surface area contributed by atoms with Crippen LogP contribution in [0.1, 0.15) is 44.7 Å². The van der Waals surface area contributed by atoms with E-state index in [1.165, 1.54) is 7.05 Å². The van der Waals surface area contributed by atoms with E-state index in [2.05, 4.69) is 0 Å². The number of nitrogens with two attached hydrogens (primary N) is 1. The molecule has 27 heavy (non-hydrogen) atoms. The molecule has 2 aliphatic heterocycles. The molecular weight excluding hydrogens is 348 g/mol. The zero-order valence-electron chi connectivity index (χ0n) is 16.0. The SMILES string of the molecule is CCCC[C@]1(C(=O)OCC)[NH2+][C@@H](c2ccc(O)cc2)[C@H]2C(=O)N(C)C(=O)[C@@H]21. The number of carbonyl (C=O) groups is 3. The largest absolute Gasteiger partial charge is 0.508 e. The van der Waals surface area contributed by atoms with Gasteiger partial charge in [-0.05, 0) is 37.6 Å². The lowest BCUT2D eigenvalue weighted by molar-refractivity contribution is -0.735. The number of quaternary nitrogens is 1. The van der Waals surface area contributed by atoms with Gasteiger partial charge in [0.1, 0.15) is 23.6 Å². The number of hydrogen-bond acceptors (Lipinski definition) is 5. The first kappa shape index (κ1) is 19.4. The number of phenols is 1. The minimum Gasteiger partial charge on any atom is -0.508 e. The summed E-state index contributed by atoms with van der Waals surface area (Å²) < 4.78 is 5.36. The zero-order chi connectivity index (χ0) is 19.8. The number of phenolic OH excluding ortho intramolecular Hbond substituents is 1. The lowest BCUT2D eigenvalue weighted by atomic mass is 9.76. The van der Waals surface area contributed by atoms with Crippen molar-refractivity contribution in [3.8, 4) is 5.75 Å². The second-order valence-corrected chi connectivity index (χ2v) is 7.39. The van der Waals surface area contributed by atoms with Gasteiger partial charge >= 0.3 is 5.97 Å². The van der Waals surface area contributed by atoms with Crippen molar-refractivity contribution < 1.29 is 29.5 Å². The smallest absolute Gasteiger partial charge is 0.368 e. The molecule has 3 N–H and O–H groups in total. The number of imide groups is 1. The Morgan fingerprint density at radius 1 is 1.22 bits per heavy atom. The fourth-order valence-electron chi connectivity index (χ4n) is 4.54. The number of esters is 1. The maximum Gasteiger partial charge on any atom is 0.368 e. The molecule has 3 rings (SSSR count). The summed E-state index contributed by atoms with van der Waals surface area (Å²) in [6.45, 7) is 3.99. The van der Waals surface area contributed by atoms with E-state index in [1.807, 2.05) is 12.2 Å². The second kappa shape index (κ2) is 7.31. The summed E-state index contributed by atoms with van der Waals surface area (Å²) in [4.78, 5) is 40.0. The number of likely N-dealkylation sites (tertiary alicyclic amines) is 1. The molecule has 2 aliphatic rings. The van der Waals surface area contributed by atoms with Gasteiger partial charge in [0.15, 0.2) is 0 Å². The van der Waals surface area contributed by atoms with Gasteiger partial charge in [0.05, 0.1) is 6.61 Å². The van der Waals surface area contributed by atoms with Crippen molar-refractivity contribution in [2.45, 2.75) is 44.7 Å². The Kier molecular flexibility index (Phi) is 5.24. The molecule has 1 aromatic rings. The van der Waals surface area contributed by atoms with Gasteiger partial charge in [-0.1, -0.05) is 13.3 Å². The zero-order valence-corrected chi connectivity index (χ0v) is 16.0. The number of aromatic hydroxyl groups is 1. The number of nitrogens with zero attached hydrogens (tertiary/aromatic N) is 1. The molecule has 7 nitrogen and oxygen atoms in total. The molecule has 0 aromatic heterocycles. The Labute approximate surface area is 158 Å². The highest BCUT2D eigenvalue weighted by molar-refractivity contribution is 6.08. The van der Waals surface area contributed by atoms with Gasteiger partial charge in [0.25, 0.3) is 0 Å². The van der Waals surface area contributed by atoms with Crippen LogP contribution in [0.5, 0.6) is 5.75 Å². The number of fused-ring (bicyclic) bond motifs is 1.